The van der Waals surface area contributed by atoms with Gasteiger partial charge in [0.2, 0.25) is 0 Å². The molecule has 0 aliphatic heterocycles. The highest BCUT2D eigenvalue weighted by Crippen LogP contribution is 2.70. The van der Waals surface area contributed by atoms with Crippen molar-refractivity contribution in [2.75, 3.05) is 0 Å². The number of hydrogen-bond acceptors (Lipinski definition) is 2. The number of ketones is 1. The van der Waals surface area contributed by atoms with Gasteiger partial charge in [-0.25, -0.2) is 0 Å². The first-order valence-electron chi connectivity index (χ1n) is 9.53. The summed E-state index contributed by atoms with van der Waals surface area (Å²) in [5.41, 5.74) is 0.479. The van der Waals surface area contributed by atoms with E-state index in [0.717, 1.165) is 38.0 Å². The molecule has 7 atom stereocenters. The van der Waals surface area contributed by atoms with Crippen LogP contribution >= 0.6 is 0 Å². The van der Waals surface area contributed by atoms with Crippen LogP contribution in [0.3, 0.4) is 0 Å². The van der Waals surface area contributed by atoms with Crippen LogP contribution < -0.4 is 0 Å². The average Bonchev–Trinajstić information content (AvgIpc) is 2.79. The second-order valence-electron chi connectivity index (χ2n) is 9.65. The van der Waals surface area contributed by atoms with Crippen molar-refractivity contribution >= 4 is 5.78 Å². The van der Waals surface area contributed by atoms with Crippen molar-refractivity contribution in [3.8, 4) is 0 Å². The number of rotatable bonds is 0. The molecule has 0 radical (unpaired) electrons. The molecule has 0 heterocycles. The maximum atomic E-state index is 13.1. The molecule has 0 aromatic rings. The van der Waals surface area contributed by atoms with Gasteiger partial charge in [0, 0.05) is 11.8 Å². The van der Waals surface area contributed by atoms with E-state index in [4.69, 9.17) is 0 Å². The Morgan fingerprint density at radius 2 is 1.77 bits per heavy atom. The van der Waals surface area contributed by atoms with Gasteiger partial charge in [-0.1, -0.05) is 27.2 Å². The van der Waals surface area contributed by atoms with Crippen LogP contribution in [0.1, 0.15) is 78.6 Å². The zero-order chi connectivity index (χ0) is 15.8. The lowest BCUT2D eigenvalue weighted by Gasteiger charge is -2.63. The molecule has 4 aliphatic carbocycles. The van der Waals surface area contributed by atoms with E-state index in [1.165, 1.54) is 25.7 Å². The smallest absolute Gasteiger partial charge is 0.139 e. The predicted molar refractivity (Wildman–Crippen MR) is 87.4 cm³/mol. The van der Waals surface area contributed by atoms with Crippen LogP contribution in [0.4, 0.5) is 0 Å². The Kier molecular flexibility index (Phi) is 3.16. The summed E-state index contributed by atoms with van der Waals surface area (Å²) in [6.45, 7) is 7.17. The summed E-state index contributed by atoms with van der Waals surface area (Å²) in [5.74, 6) is 2.50. The zero-order valence-electron chi connectivity index (χ0n) is 14.5. The molecular weight excluding hydrogens is 272 g/mol. The van der Waals surface area contributed by atoms with Crippen LogP contribution in [0.25, 0.3) is 0 Å². The number of carbonyl (C=O) groups is 1. The van der Waals surface area contributed by atoms with Crippen molar-refractivity contribution in [3.05, 3.63) is 0 Å². The Morgan fingerprint density at radius 1 is 1.00 bits per heavy atom. The van der Waals surface area contributed by atoms with Crippen molar-refractivity contribution in [1.29, 1.82) is 0 Å². The molecule has 4 fully saturated rings. The van der Waals surface area contributed by atoms with Gasteiger partial charge in [-0.15, -0.1) is 0 Å². The fraction of sp³-hybridized carbons (Fsp3) is 0.950. The van der Waals surface area contributed by atoms with E-state index in [9.17, 15) is 9.90 Å². The number of aliphatic hydroxyl groups excluding tert-OH is 1. The number of hydrogen-bond donors (Lipinski definition) is 1. The molecule has 22 heavy (non-hydrogen) atoms. The molecule has 4 aliphatic rings. The first-order chi connectivity index (χ1) is 10.3. The SMILES string of the molecule is C[C@]12CCC(O)CC1CC[C@@H]1[C@@H]2CC(=O)[C@]2(C)CCC[C@@]12C. The van der Waals surface area contributed by atoms with Crippen LogP contribution in [0, 0.1) is 34.0 Å². The van der Waals surface area contributed by atoms with Gasteiger partial charge >= 0.3 is 0 Å². The molecule has 0 bridgehead atoms. The average molecular weight is 304 g/mol. The van der Waals surface area contributed by atoms with Crippen molar-refractivity contribution in [3.63, 3.8) is 0 Å². The number of aliphatic hydroxyl groups is 1. The second kappa shape index (κ2) is 4.59. The van der Waals surface area contributed by atoms with E-state index < -0.39 is 0 Å². The van der Waals surface area contributed by atoms with Crippen LogP contribution in [-0.4, -0.2) is 17.0 Å². The summed E-state index contributed by atoms with van der Waals surface area (Å²) in [6, 6.07) is 0. The number of Topliss-reactive ketones (excluding diaryl/α,β-unsaturated/α-hetero) is 1. The third-order valence-electron chi connectivity index (χ3n) is 9.14. The zero-order valence-corrected chi connectivity index (χ0v) is 14.5. The molecule has 4 rings (SSSR count). The van der Waals surface area contributed by atoms with Crippen molar-refractivity contribution < 1.29 is 9.90 Å². The Bertz CT molecular complexity index is 500. The molecule has 0 aromatic heterocycles. The summed E-state index contributed by atoms with van der Waals surface area (Å²) >= 11 is 0. The molecule has 1 N–H and O–H groups in total. The molecule has 2 unspecified atom stereocenters. The van der Waals surface area contributed by atoms with Gasteiger partial charge < -0.3 is 5.11 Å². The summed E-state index contributed by atoms with van der Waals surface area (Å²) in [6.07, 6.45) is 9.93. The fourth-order valence-electron chi connectivity index (χ4n) is 7.36. The summed E-state index contributed by atoms with van der Waals surface area (Å²) in [4.78, 5) is 13.1. The Hall–Kier alpha value is -0.370. The predicted octanol–water partition coefficient (Wildman–Crippen LogP) is 4.35. The largest absolute Gasteiger partial charge is 0.393 e. The normalized spacial score (nSPS) is 57.9. The lowest BCUT2D eigenvalue weighted by atomic mass is 9.41. The van der Waals surface area contributed by atoms with E-state index in [1.54, 1.807) is 0 Å². The highest BCUT2D eigenvalue weighted by molar-refractivity contribution is 5.87. The second-order valence-corrected chi connectivity index (χ2v) is 9.65. The molecule has 0 spiro atoms. The Balaban J connectivity index is 1.73. The van der Waals surface area contributed by atoms with Gasteiger partial charge in [0.15, 0.2) is 0 Å². The monoisotopic (exact) mass is 304 g/mol. The molecule has 0 aromatic carbocycles. The molecule has 124 valence electrons. The molecule has 2 heteroatoms. The number of carbonyl (C=O) groups excluding carboxylic acids is 1. The summed E-state index contributed by atoms with van der Waals surface area (Å²) in [7, 11) is 0. The Labute approximate surface area is 135 Å². The van der Waals surface area contributed by atoms with Gasteiger partial charge in [0.1, 0.15) is 5.78 Å². The van der Waals surface area contributed by atoms with E-state index >= 15 is 0 Å². The van der Waals surface area contributed by atoms with Crippen molar-refractivity contribution in [1.82, 2.24) is 0 Å². The van der Waals surface area contributed by atoms with Crippen molar-refractivity contribution in [2.45, 2.75) is 84.7 Å². The third-order valence-corrected chi connectivity index (χ3v) is 9.14. The van der Waals surface area contributed by atoms with Crippen LogP contribution in [0.2, 0.25) is 0 Å². The highest BCUT2D eigenvalue weighted by Gasteiger charge is 2.65. The van der Waals surface area contributed by atoms with Crippen LogP contribution in [0.15, 0.2) is 0 Å². The quantitative estimate of drug-likeness (QED) is 0.722. The van der Waals surface area contributed by atoms with E-state index in [2.05, 4.69) is 20.8 Å². The minimum atomic E-state index is -0.0961. The van der Waals surface area contributed by atoms with E-state index in [0.29, 0.717) is 23.0 Å². The fourth-order valence-corrected chi connectivity index (χ4v) is 7.36. The molecule has 4 saturated carbocycles. The molecular formula is C20H32O2. The van der Waals surface area contributed by atoms with Crippen molar-refractivity contribution in [2.24, 2.45) is 34.0 Å². The standard InChI is InChI=1S/C20H32O2/c1-18-10-7-14(21)11-13(18)5-6-15-16(18)12-17(22)20(3)9-4-8-19(15,20)2/h13-16,21H,4-12H2,1-3H3/t13?,14?,15-,16+,18+,19+,20+/m1/s1. The first kappa shape index (κ1) is 15.2. The Morgan fingerprint density at radius 3 is 2.55 bits per heavy atom. The first-order valence-corrected chi connectivity index (χ1v) is 9.53. The maximum Gasteiger partial charge on any atom is 0.139 e. The topological polar surface area (TPSA) is 37.3 Å². The molecule has 2 nitrogen and oxygen atoms in total. The molecule has 0 saturated heterocycles. The van der Waals surface area contributed by atoms with E-state index in [1.807, 2.05) is 0 Å². The van der Waals surface area contributed by atoms with Gasteiger partial charge in [-0.05, 0) is 73.5 Å². The van der Waals surface area contributed by atoms with Gasteiger partial charge in [0.05, 0.1) is 6.10 Å². The van der Waals surface area contributed by atoms with Gasteiger partial charge in [-0.2, -0.15) is 0 Å². The minimum absolute atomic E-state index is 0.0501. The number of fused-ring (bicyclic) bond motifs is 5. The summed E-state index contributed by atoms with van der Waals surface area (Å²) in [5, 5.41) is 10.1. The van der Waals surface area contributed by atoms with Crippen LogP contribution in [-0.2, 0) is 4.79 Å². The third kappa shape index (κ3) is 1.68. The lowest BCUT2D eigenvalue weighted by Crippen LogP contribution is -2.59. The van der Waals surface area contributed by atoms with E-state index in [-0.39, 0.29) is 16.9 Å². The summed E-state index contributed by atoms with van der Waals surface area (Å²) < 4.78 is 0. The highest BCUT2D eigenvalue weighted by atomic mass is 16.3. The van der Waals surface area contributed by atoms with Gasteiger partial charge in [-0.3, -0.25) is 4.79 Å². The van der Waals surface area contributed by atoms with Crippen LogP contribution in [0.5, 0.6) is 0 Å². The van der Waals surface area contributed by atoms with Gasteiger partial charge in [0.25, 0.3) is 0 Å². The lowest BCUT2D eigenvalue weighted by molar-refractivity contribution is -0.172. The minimum Gasteiger partial charge on any atom is -0.393 e. The molecule has 0 amide bonds. The maximum absolute atomic E-state index is 13.1.